The van der Waals surface area contributed by atoms with Crippen molar-refractivity contribution in [3.05, 3.63) is 51.7 Å². The molecule has 1 aromatic carbocycles. The molecule has 100 valence electrons. The normalized spacial score (nSPS) is 11.3. The van der Waals surface area contributed by atoms with E-state index in [2.05, 4.69) is 9.71 Å². The summed E-state index contributed by atoms with van der Waals surface area (Å²) < 4.78 is 26.5. The van der Waals surface area contributed by atoms with E-state index in [-0.39, 0.29) is 15.1 Å². The molecule has 2 aromatic rings. The van der Waals surface area contributed by atoms with E-state index < -0.39 is 10.0 Å². The summed E-state index contributed by atoms with van der Waals surface area (Å²) in [6.07, 6.45) is 1.13. The average molecular weight is 338 g/mol. The summed E-state index contributed by atoms with van der Waals surface area (Å²) in [7, 11) is -3.76. The monoisotopic (exact) mass is 336 g/mol. The highest BCUT2D eigenvalue weighted by Crippen LogP contribution is 2.24. The van der Waals surface area contributed by atoms with Gasteiger partial charge in [0.05, 0.1) is 5.02 Å². The Balaban J connectivity index is 2.32. The van der Waals surface area contributed by atoms with Gasteiger partial charge in [-0.1, -0.05) is 34.8 Å². The van der Waals surface area contributed by atoms with Gasteiger partial charge in [0.1, 0.15) is 10.0 Å². The highest BCUT2D eigenvalue weighted by molar-refractivity contribution is 7.92. The fourth-order valence-electron chi connectivity index (χ4n) is 1.28. The molecule has 2 rings (SSSR count). The Kier molecular flexibility index (Phi) is 4.20. The van der Waals surface area contributed by atoms with Crippen LogP contribution in [0.5, 0.6) is 0 Å². The van der Waals surface area contributed by atoms with Gasteiger partial charge in [0.25, 0.3) is 10.0 Å². The molecule has 0 saturated heterocycles. The Morgan fingerprint density at radius 1 is 1.05 bits per heavy atom. The van der Waals surface area contributed by atoms with E-state index in [4.69, 9.17) is 34.8 Å². The van der Waals surface area contributed by atoms with Crippen LogP contribution in [0, 0.1) is 0 Å². The lowest BCUT2D eigenvalue weighted by Crippen LogP contribution is -2.13. The Hall–Kier alpha value is -1.01. The van der Waals surface area contributed by atoms with Crippen LogP contribution in [0.2, 0.25) is 15.2 Å². The minimum absolute atomic E-state index is 0.0482. The van der Waals surface area contributed by atoms with Crippen LogP contribution in [-0.2, 0) is 10.0 Å². The van der Waals surface area contributed by atoms with Crippen LogP contribution >= 0.6 is 34.8 Å². The van der Waals surface area contributed by atoms with Gasteiger partial charge >= 0.3 is 0 Å². The van der Waals surface area contributed by atoms with E-state index in [1.807, 2.05) is 0 Å². The summed E-state index contributed by atoms with van der Waals surface area (Å²) in [5.74, 6) is 0. The third kappa shape index (κ3) is 3.51. The van der Waals surface area contributed by atoms with Gasteiger partial charge < -0.3 is 0 Å². The first-order valence-corrected chi connectivity index (χ1v) is 7.59. The van der Waals surface area contributed by atoms with E-state index in [1.54, 1.807) is 24.3 Å². The van der Waals surface area contributed by atoms with Crippen molar-refractivity contribution in [3.63, 3.8) is 0 Å². The van der Waals surface area contributed by atoms with Crippen molar-refractivity contribution >= 4 is 50.5 Å². The molecule has 0 bridgehead atoms. The van der Waals surface area contributed by atoms with Crippen molar-refractivity contribution < 1.29 is 8.42 Å². The third-order valence-corrected chi connectivity index (χ3v) is 4.46. The van der Waals surface area contributed by atoms with Crippen LogP contribution in [0.15, 0.2) is 41.4 Å². The van der Waals surface area contributed by atoms with Gasteiger partial charge in [0.15, 0.2) is 0 Å². The zero-order valence-corrected chi connectivity index (χ0v) is 12.4. The van der Waals surface area contributed by atoms with Crippen molar-refractivity contribution in [2.75, 3.05) is 4.72 Å². The SMILES string of the molecule is O=S(=O)(Nc1ccc(Cl)cc1)c1cnc(Cl)c(Cl)c1. The standard InChI is InChI=1S/C11H7Cl3N2O2S/c12-7-1-3-8(4-2-7)16-19(17,18)9-5-10(13)11(14)15-6-9/h1-6,16H. The summed E-state index contributed by atoms with van der Waals surface area (Å²) in [4.78, 5) is 3.62. The molecule has 0 fully saturated rings. The molecule has 0 aliphatic heterocycles. The van der Waals surface area contributed by atoms with Gasteiger partial charge in [-0.3, -0.25) is 4.72 Å². The molecule has 0 radical (unpaired) electrons. The largest absolute Gasteiger partial charge is 0.280 e. The van der Waals surface area contributed by atoms with E-state index in [1.165, 1.54) is 6.07 Å². The lowest BCUT2D eigenvalue weighted by atomic mass is 10.3. The van der Waals surface area contributed by atoms with Gasteiger partial charge in [-0.05, 0) is 30.3 Å². The second-order valence-corrected chi connectivity index (χ2v) is 6.44. The highest BCUT2D eigenvalue weighted by atomic mass is 35.5. The molecule has 0 aliphatic rings. The number of sulfonamides is 1. The zero-order valence-electron chi connectivity index (χ0n) is 9.27. The molecular weight excluding hydrogens is 331 g/mol. The first-order chi connectivity index (χ1) is 8.88. The number of pyridine rings is 1. The molecule has 0 atom stereocenters. The molecule has 0 aliphatic carbocycles. The quantitative estimate of drug-likeness (QED) is 0.866. The molecule has 19 heavy (non-hydrogen) atoms. The van der Waals surface area contributed by atoms with Crippen LogP contribution in [-0.4, -0.2) is 13.4 Å². The predicted molar refractivity (Wildman–Crippen MR) is 76.5 cm³/mol. The van der Waals surface area contributed by atoms with Crippen LogP contribution in [0.3, 0.4) is 0 Å². The molecule has 1 heterocycles. The van der Waals surface area contributed by atoms with Crippen molar-refractivity contribution in [2.45, 2.75) is 4.90 Å². The summed E-state index contributed by atoms with van der Waals surface area (Å²) >= 11 is 17.1. The second kappa shape index (κ2) is 5.54. The Bertz CT molecular complexity index is 702. The highest BCUT2D eigenvalue weighted by Gasteiger charge is 2.16. The Morgan fingerprint density at radius 3 is 2.26 bits per heavy atom. The number of nitrogens with one attached hydrogen (secondary N) is 1. The molecular formula is C11H7Cl3N2O2S. The first kappa shape index (κ1) is 14.4. The number of hydrogen-bond donors (Lipinski definition) is 1. The van der Waals surface area contributed by atoms with Crippen LogP contribution in [0.4, 0.5) is 5.69 Å². The number of halogens is 3. The molecule has 0 unspecified atom stereocenters. The number of nitrogens with zero attached hydrogens (tertiary/aromatic N) is 1. The smallest absolute Gasteiger partial charge is 0.263 e. The first-order valence-electron chi connectivity index (χ1n) is 4.98. The van der Waals surface area contributed by atoms with E-state index >= 15 is 0 Å². The van der Waals surface area contributed by atoms with E-state index in [9.17, 15) is 8.42 Å². The summed E-state index contributed by atoms with van der Waals surface area (Å²) in [6.45, 7) is 0. The van der Waals surface area contributed by atoms with Crippen LogP contribution in [0.25, 0.3) is 0 Å². The van der Waals surface area contributed by atoms with Crippen molar-refractivity contribution in [3.8, 4) is 0 Å². The zero-order chi connectivity index (χ0) is 14.0. The van der Waals surface area contributed by atoms with Crippen LogP contribution < -0.4 is 4.72 Å². The second-order valence-electron chi connectivity index (χ2n) is 3.56. The maximum atomic E-state index is 12.1. The maximum Gasteiger partial charge on any atom is 0.263 e. The summed E-state index contributed by atoms with van der Waals surface area (Å²) in [6, 6.07) is 7.48. The van der Waals surface area contributed by atoms with Crippen molar-refractivity contribution in [1.29, 1.82) is 0 Å². The molecule has 4 nitrogen and oxygen atoms in total. The molecule has 0 spiro atoms. The van der Waals surface area contributed by atoms with Gasteiger partial charge in [0, 0.05) is 16.9 Å². The topological polar surface area (TPSA) is 59.1 Å². The molecule has 0 amide bonds. The molecule has 1 aromatic heterocycles. The van der Waals surface area contributed by atoms with E-state index in [0.29, 0.717) is 10.7 Å². The van der Waals surface area contributed by atoms with E-state index in [0.717, 1.165) is 6.20 Å². The minimum Gasteiger partial charge on any atom is -0.280 e. The summed E-state index contributed by atoms with van der Waals surface area (Å²) in [5.41, 5.74) is 0.385. The number of aromatic nitrogens is 1. The van der Waals surface area contributed by atoms with Gasteiger partial charge in [-0.25, -0.2) is 13.4 Å². The fraction of sp³-hybridized carbons (Fsp3) is 0. The average Bonchev–Trinajstić information content (AvgIpc) is 2.35. The minimum atomic E-state index is -3.76. The number of rotatable bonds is 3. The third-order valence-electron chi connectivity index (χ3n) is 2.18. The predicted octanol–water partition coefficient (Wildman–Crippen LogP) is 3.84. The molecule has 0 saturated carbocycles. The molecule has 8 heteroatoms. The van der Waals surface area contributed by atoms with Crippen LogP contribution in [0.1, 0.15) is 0 Å². The Morgan fingerprint density at radius 2 is 1.68 bits per heavy atom. The lowest BCUT2D eigenvalue weighted by molar-refractivity contribution is 0.601. The summed E-state index contributed by atoms with van der Waals surface area (Å²) in [5, 5.41) is 0.631. The maximum absolute atomic E-state index is 12.1. The van der Waals surface area contributed by atoms with Gasteiger partial charge in [-0.2, -0.15) is 0 Å². The Labute approximate surface area is 125 Å². The number of anilines is 1. The van der Waals surface area contributed by atoms with Crippen molar-refractivity contribution in [1.82, 2.24) is 4.98 Å². The molecule has 1 N–H and O–H groups in total. The number of benzene rings is 1. The number of hydrogen-bond acceptors (Lipinski definition) is 3. The van der Waals surface area contributed by atoms with Crippen molar-refractivity contribution in [2.24, 2.45) is 0 Å². The fourth-order valence-corrected chi connectivity index (χ4v) is 2.77. The van der Waals surface area contributed by atoms with Gasteiger partial charge in [0.2, 0.25) is 0 Å². The van der Waals surface area contributed by atoms with Gasteiger partial charge in [-0.15, -0.1) is 0 Å². The lowest BCUT2D eigenvalue weighted by Gasteiger charge is -2.08.